The van der Waals surface area contributed by atoms with Crippen molar-refractivity contribution in [1.29, 1.82) is 0 Å². The Morgan fingerprint density at radius 1 is 0.536 bits per heavy atom. The number of hydrogen-bond donors (Lipinski definition) is 0. The van der Waals surface area contributed by atoms with Gasteiger partial charge in [0.15, 0.2) is 0 Å². The predicted molar refractivity (Wildman–Crippen MR) is 121 cm³/mol. The van der Waals surface area contributed by atoms with Crippen molar-refractivity contribution < 1.29 is 0 Å². The van der Waals surface area contributed by atoms with Gasteiger partial charge in [-0.2, -0.15) is 0 Å². The van der Waals surface area contributed by atoms with E-state index < -0.39 is 0 Å². The number of hydrogen-bond acceptors (Lipinski definition) is 4. The van der Waals surface area contributed by atoms with E-state index in [1.165, 1.54) is 40.7 Å². The first-order valence-corrected chi connectivity index (χ1v) is 10.7. The molecule has 6 aromatic rings. The van der Waals surface area contributed by atoms with Gasteiger partial charge >= 0.3 is 0 Å². The van der Waals surface area contributed by atoms with Crippen molar-refractivity contribution in [3.05, 3.63) is 85.5 Å². The topological polar surface area (TPSA) is 25.8 Å². The van der Waals surface area contributed by atoms with Crippen molar-refractivity contribution in [2.75, 3.05) is 0 Å². The average molecular weight is 395 g/mol. The van der Waals surface area contributed by atoms with Gasteiger partial charge < -0.3 is 0 Å². The van der Waals surface area contributed by atoms with Crippen LogP contribution in [0.1, 0.15) is 0 Å². The Balaban J connectivity index is 1.53. The van der Waals surface area contributed by atoms with E-state index in [0.29, 0.717) is 0 Å². The molecular weight excluding hydrogens is 380 g/mol. The second-order valence-electron chi connectivity index (χ2n) is 6.77. The summed E-state index contributed by atoms with van der Waals surface area (Å²) in [6.45, 7) is 0. The third-order valence-electron chi connectivity index (χ3n) is 5.07. The Labute approximate surface area is 169 Å². The Kier molecular flexibility index (Phi) is 3.54. The maximum absolute atomic E-state index is 4.25. The standard InChI is InChI=1S/C24H14N2S2/c1-3-17(13-25-9-1)15-5-7-19-21(11-15)27-24-20-8-6-16(12-22(20)28-23(19)24)18-4-2-10-26-14-18/h1-14H. The largest absolute Gasteiger partial charge is 0.264 e. The van der Waals surface area contributed by atoms with Gasteiger partial charge in [-0.1, -0.05) is 36.4 Å². The van der Waals surface area contributed by atoms with Crippen molar-refractivity contribution in [3.8, 4) is 22.3 Å². The summed E-state index contributed by atoms with van der Waals surface area (Å²) in [4.78, 5) is 8.50. The highest BCUT2D eigenvalue weighted by molar-refractivity contribution is 7.36. The van der Waals surface area contributed by atoms with Crippen molar-refractivity contribution in [1.82, 2.24) is 9.97 Å². The number of fused-ring (bicyclic) bond motifs is 5. The van der Waals surface area contributed by atoms with Crippen LogP contribution in [0.15, 0.2) is 85.5 Å². The van der Waals surface area contributed by atoms with E-state index >= 15 is 0 Å². The molecule has 4 heterocycles. The van der Waals surface area contributed by atoms with Crippen molar-refractivity contribution in [2.45, 2.75) is 0 Å². The van der Waals surface area contributed by atoms with Crippen molar-refractivity contribution >= 4 is 52.2 Å². The summed E-state index contributed by atoms with van der Waals surface area (Å²) in [5.74, 6) is 0. The van der Waals surface area contributed by atoms with Gasteiger partial charge in [-0.15, -0.1) is 22.7 Å². The van der Waals surface area contributed by atoms with Crippen LogP contribution in [-0.4, -0.2) is 9.97 Å². The maximum atomic E-state index is 4.25. The summed E-state index contributed by atoms with van der Waals surface area (Å²) in [5, 5.41) is 2.69. The molecule has 0 spiro atoms. The number of nitrogens with zero attached hydrogens (tertiary/aromatic N) is 2. The van der Waals surface area contributed by atoms with Crippen molar-refractivity contribution in [2.24, 2.45) is 0 Å². The van der Waals surface area contributed by atoms with Crippen molar-refractivity contribution in [3.63, 3.8) is 0 Å². The molecule has 0 radical (unpaired) electrons. The van der Waals surface area contributed by atoms with Gasteiger partial charge in [-0.05, 0) is 35.4 Å². The third-order valence-corrected chi connectivity index (χ3v) is 7.57. The minimum atomic E-state index is 1.16. The zero-order valence-corrected chi connectivity index (χ0v) is 16.4. The molecule has 0 unspecified atom stereocenters. The molecule has 0 atom stereocenters. The number of aromatic nitrogens is 2. The molecule has 0 N–H and O–H groups in total. The Bertz CT molecular complexity index is 1330. The molecule has 4 aromatic heterocycles. The fraction of sp³-hybridized carbons (Fsp3) is 0. The highest BCUT2D eigenvalue weighted by Gasteiger charge is 2.13. The fourth-order valence-electron chi connectivity index (χ4n) is 3.68. The van der Waals surface area contributed by atoms with E-state index in [1.807, 2.05) is 59.6 Å². The molecule has 0 aliphatic heterocycles. The molecule has 2 aromatic carbocycles. The lowest BCUT2D eigenvalue weighted by atomic mass is 10.1. The number of benzene rings is 2. The molecule has 0 saturated heterocycles. The summed E-state index contributed by atoms with van der Waals surface area (Å²) < 4.78 is 5.44. The van der Waals surface area contributed by atoms with E-state index in [-0.39, 0.29) is 0 Å². The van der Waals surface area contributed by atoms with E-state index in [2.05, 4.69) is 58.5 Å². The first-order valence-electron chi connectivity index (χ1n) is 9.06. The molecule has 4 heteroatoms. The highest BCUT2D eigenvalue weighted by atomic mass is 32.1. The zero-order chi connectivity index (χ0) is 18.5. The second-order valence-corrected chi connectivity index (χ2v) is 8.87. The van der Waals surface area contributed by atoms with Gasteiger partial charge in [0.2, 0.25) is 0 Å². The monoisotopic (exact) mass is 394 g/mol. The molecule has 132 valence electrons. The van der Waals surface area contributed by atoms with Crippen LogP contribution >= 0.6 is 22.7 Å². The minimum absolute atomic E-state index is 1.16. The van der Waals surface area contributed by atoms with E-state index in [1.54, 1.807) is 0 Å². The molecule has 0 bridgehead atoms. The maximum Gasteiger partial charge on any atom is 0.0542 e. The Morgan fingerprint density at radius 3 is 1.46 bits per heavy atom. The summed E-state index contributed by atoms with van der Waals surface area (Å²) in [6.07, 6.45) is 7.48. The molecule has 0 amide bonds. The van der Waals surface area contributed by atoms with Crippen LogP contribution in [0.2, 0.25) is 0 Å². The number of thiophene rings is 2. The summed E-state index contributed by atoms with van der Waals surface area (Å²) >= 11 is 3.77. The number of pyridine rings is 2. The lowest BCUT2D eigenvalue weighted by Gasteiger charge is -2.01. The van der Waals surface area contributed by atoms with Crippen LogP contribution in [0, 0.1) is 0 Å². The van der Waals surface area contributed by atoms with Crippen LogP contribution in [0.3, 0.4) is 0 Å². The van der Waals surface area contributed by atoms with E-state index in [4.69, 9.17) is 0 Å². The lowest BCUT2D eigenvalue weighted by Crippen LogP contribution is -1.78. The molecule has 6 rings (SSSR count). The Hall–Kier alpha value is -3.08. The predicted octanol–water partition coefficient (Wildman–Crippen LogP) is 7.39. The molecular formula is C24H14N2S2. The van der Waals surface area contributed by atoms with Gasteiger partial charge in [-0.25, -0.2) is 0 Å². The van der Waals surface area contributed by atoms with Crippen LogP contribution in [0.25, 0.3) is 51.8 Å². The normalized spacial score (nSPS) is 11.6. The SMILES string of the molecule is c1cncc(-c2ccc3c(c2)sc2c4ccc(-c5cccnc5)cc4sc32)c1. The average Bonchev–Trinajstić information content (AvgIpc) is 3.30. The summed E-state index contributed by atoms with van der Waals surface area (Å²) in [6, 6.07) is 21.7. The summed E-state index contributed by atoms with van der Waals surface area (Å²) in [5.41, 5.74) is 4.76. The second kappa shape index (κ2) is 6.23. The highest BCUT2D eigenvalue weighted by Crippen LogP contribution is 2.45. The van der Waals surface area contributed by atoms with Gasteiger partial charge in [0.05, 0.1) is 9.40 Å². The van der Waals surface area contributed by atoms with Crippen LogP contribution < -0.4 is 0 Å². The van der Waals surface area contributed by atoms with E-state index in [0.717, 1.165) is 11.1 Å². The van der Waals surface area contributed by atoms with Gasteiger partial charge in [0, 0.05) is 56.1 Å². The first-order chi connectivity index (χ1) is 13.9. The van der Waals surface area contributed by atoms with Crippen LogP contribution in [-0.2, 0) is 0 Å². The third kappa shape index (κ3) is 2.46. The smallest absolute Gasteiger partial charge is 0.0542 e. The number of rotatable bonds is 2. The van der Waals surface area contributed by atoms with Gasteiger partial charge in [0.25, 0.3) is 0 Å². The molecule has 0 aliphatic rings. The molecule has 28 heavy (non-hydrogen) atoms. The lowest BCUT2D eigenvalue weighted by molar-refractivity contribution is 1.33. The molecule has 0 fully saturated rings. The zero-order valence-electron chi connectivity index (χ0n) is 14.8. The van der Waals surface area contributed by atoms with E-state index in [9.17, 15) is 0 Å². The van der Waals surface area contributed by atoms with Gasteiger partial charge in [0.1, 0.15) is 0 Å². The fourth-order valence-corrected chi connectivity index (χ4v) is 6.41. The molecule has 0 aliphatic carbocycles. The van der Waals surface area contributed by atoms with Crippen LogP contribution in [0.5, 0.6) is 0 Å². The first kappa shape index (κ1) is 15.9. The van der Waals surface area contributed by atoms with Crippen LogP contribution in [0.4, 0.5) is 0 Å². The minimum Gasteiger partial charge on any atom is -0.264 e. The summed E-state index contributed by atoms with van der Waals surface area (Å²) in [7, 11) is 0. The quantitative estimate of drug-likeness (QED) is 0.306. The van der Waals surface area contributed by atoms with Gasteiger partial charge in [-0.3, -0.25) is 9.97 Å². The Morgan fingerprint density at radius 2 is 1.04 bits per heavy atom. The molecule has 0 saturated carbocycles. The molecule has 2 nitrogen and oxygen atoms in total.